The predicted molar refractivity (Wildman–Crippen MR) is 105 cm³/mol. The van der Waals surface area contributed by atoms with Crippen LogP contribution >= 0.6 is 0 Å². The summed E-state index contributed by atoms with van der Waals surface area (Å²) in [4.78, 5) is 4.09. The van der Waals surface area contributed by atoms with Crippen LogP contribution in [0.5, 0.6) is 5.88 Å². The van der Waals surface area contributed by atoms with Crippen LogP contribution in [0.3, 0.4) is 0 Å². The van der Waals surface area contributed by atoms with Gasteiger partial charge in [0.15, 0.2) is 0 Å². The second-order valence-corrected chi connectivity index (χ2v) is 6.72. The van der Waals surface area contributed by atoms with Crippen LogP contribution in [-0.4, -0.2) is 19.3 Å². The first kappa shape index (κ1) is 17.9. The molecule has 0 saturated carbocycles. The molecule has 7 nitrogen and oxygen atoms in total. The third-order valence-corrected chi connectivity index (χ3v) is 5.00. The first-order chi connectivity index (χ1) is 13.7. The molecule has 4 rings (SSSR count). The number of ether oxygens (including phenoxy) is 1. The lowest BCUT2D eigenvalue weighted by Gasteiger charge is -2.25. The van der Waals surface area contributed by atoms with E-state index in [1.54, 1.807) is 12.5 Å². The van der Waals surface area contributed by atoms with Gasteiger partial charge in [0.1, 0.15) is 11.6 Å². The largest absolute Gasteiger partial charge is 0.422 e. The van der Waals surface area contributed by atoms with Gasteiger partial charge < -0.3 is 15.0 Å². The summed E-state index contributed by atoms with van der Waals surface area (Å²) in [6, 6.07) is 10.3. The lowest BCUT2D eigenvalue weighted by Crippen LogP contribution is -2.22. The predicted octanol–water partition coefficient (Wildman–Crippen LogP) is 3.26. The number of aromatic nitrogens is 4. The molecule has 2 N–H and O–H groups in total. The van der Waals surface area contributed by atoms with Gasteiger partial charge >= 0.3 is 0 Å². The first-order valence-electron chi connectivity index (χ1n) is 9.43. The van der Waals surface area contributed by atoms with E-state index in [0.29, 0.717) is 18.0 Å². The quantitative estimate of drug-likeness (QED) is 0.740. The molecule has 142 valence electrons. The Labute approximate surface area is 163 Å². The van der Waals surface area contributed by atoms with Crippen LogP contribution in [0.2, 0.25) is 0 Å². The highest BCUT2D eigenvalue weighted by Gasteiger charge is 2.36. The highest BCUT2D eigenvalue weighted by molar-refractivity contribution is 5.56. The molecule has 28 heavy (non-hydrogen) atoms. The van der Waals surface area contributed by atoms with Crippen molar-refractivity contribution in [3.8, 4) is 17.6 Å². The molecule has 0 amide bonds. The van der Waals surface area contributed by atoms with E-state index in [4.69, 9.17) is 15.6 Å². The maximum absolute atomic E-state index is 9.80. The highest BCUT2D eigenvalue weighted by atomic mass is 16.5. The Balaban J connectivity index is 1.85. The number of imidazole rings is 1. The Bertz CT molecular complexity index is 1050. The molecule has 7 heteroatoms. The number of hydrogen-bond donors (Lipinski definition) is 1. The van der Waals surface area contributed by atoms with Gasteiger partial charge in [0.25, 0.3) is 0 Å². The number of benzene rings is 1. The smallest absolute Gasteiger partial charge is 0.224 e. The van der Waals surface area contributed by atoms with E-state index in [1.165, 1.54) is 0 Å². The minimum Gasteiger partial charge on any atom is -0.422 e. The molecule has 1 unspecified atom stereocenters. The molecule has 0 saturated heterocycles. The summed E-state index contributed by atoms with van der Waals surface area (Å²) in [7, 11) is 0. The van der Waals surface area contributed by atoms with E-state index in [1.807, 2.05) is 46.6 Å². The number of rotatable bonds is 5. The minimum atomic E-state index is -0.285. The van der Waals surface area contributed by atoms with E-state index in [9.17, 15) is 5.26 Å². The van der Waals surface area contributed by atoms with Crippen molar-refractivity contribution in [1.29, 1.82) is 5.26 Å². The van der Waals surface area contributed by atoms with Gasteiger partial charge in [-0.1, -0.05) is 25.5 Å². The SMILES string of the molecule is CCCc1nn(CC)c2c1C(c1ccc(-n3ccnc3)cc1)C(C#N)=C(N)O2. The second kappa shape index (κ2) is 7.24. The molecular formula is C21H22N6O. The third-order valence-electron chi connectivity index (χ3n) is 5.00. The molecule has 0 radical (unpaired) electrons. The van der Waals surface area contributed by atoms with Crippen LogP contribution in [0.1, 0.15) is 43.0 Å². The monoisotopic (exact) mass is 374 g/mol. The van der Waals surface area contributed by atoms with Crippen LogP contribution in [0.15, 0.2) is 54.4 Å². The lowest BCUT2D eigenvalue weighted by molar-refractivity contribution is 0.350. The normalized spacial score (nSPS) is 15.8. The molecular weight excluding hydrogens is 352 g/mol. The third kappa shape index (κ3) is 2.83. The molecule has 1 aliphatic rings. The van der Waals surface area contributed by atoms with Gasteiger partial charge in [-0.2, -0.15) is 10.4 Å². The standard InChI is InChI=1S/C21H22N6O/c1-3-5-17-19-18(14-6-8-15(9-7-14)26-11-10-24-13-26)16(12-22)20(23)28-21(19)27(4-2)25-17/h6-11,13,18H,3-5,23H2,1-2H3. The Kier molecular flexibility index (Phi) is 4.62. The molecule has 2 aromatic heterocycles. The van der Waals surface area contributed by atoms with E-state index in [-0.39, 0.29) is 11.8 Å². The van der Waals surface area contributed by atoms with Gasteiger partial charge in [-0.25, -0.2) is 9.67 Å². The number of fused-ring (bicyclic) bond motifs is 1. The molecule has 0 bridgehead atoms. The Morgan fingerprint density at radius 3 is 2.64 bits per heavy atom. The van der Waals surface area contributed by atoms with Crippen molar-refractivity contribution in [1.82, 2.24) is 19.3 Å². The number of allylic oxidation sites excluding steroid dienone is 1. The molecule has 1 aliphatic heterocycles. The van der Waals surface area contributed by atoms with Gasteiger partial charge in [0.05, 0.1) is 23.5 Å². The Hall–Kier alpha value is -3.53. The zero-order valence-electron chi connectivity index (χ0n) is 16.0. The molecule has 0 fully saturated rings. The van der Waals surface area contributed by atoms with Gasteiger partial charge in [0, 0.05) is 24.6 Å². The average Bonchev–Trinajstić information content (AvgIpc) is 3.36. The molecule has 0 aliphatic carbocycles. The van der Waals surface area contributed by atoms with Crippen molar-refractivity contribution in [3.05, 3.63) is 71.3 Å². The summed E-state index contributed by atoms with van der Waals surface area (Å²) in [6.07, 6.45) is 7.17. The lowest BCUT2D eigenvalue weighted by atomic mass is 9.83. The van der Waals surface area contributed by atoms with E-state index >= 15 is 0 Å². The van der Waals surface area contributed by atoms with Crippen molar-refractivity contribution in [2.75, 3.05) is 0 Å². The fourth-order valence-electron chi connectivity index (χ4n) is 3.69. The van der Waals surface area contributed by atoms with Crippen LogP contribution in [-0.2, 0) is 13.0 Å². The van der Waals surface area contributed by atoms with Crippen molar-refractivity contribution in [2.24, 2.45) is 5.73 Å². The first-order valence-corrected chi connectivity index (χ1v) is 9.43. The molecule has 3 aromatic rings. The summed E-state index contributed by atoms with van der Waals surface area (Å²) in [5.74, 6) is 0.509. The van der Waals surface area contributed by atoms with Crippen LogP contribution in [0.4, 0.5) is 0 Å². The maximum atomic E-state index is 9.80. The average molecular weight is 374 g/mol. The maximum Gasteiger partial charge on any atom is 0.224 e. The zero-order chi connectivity index (χ0) is 19.7. The second-order valence-electron chi connectivity index (χ2n) is 6.72. The number of nitrogens with two attached hydrogens (primary N) is 1. The molecule has 1 aromatic carbocycles. The van der Waals surface area contributed by atoms with Gasteiger partial charge in [-0.15, -0.1) is 0 Å². The van der Waals surface area contributed by atoms with Crippen LogP contribution < -0.4 is 10.5 Å². The summed E-state index contributed by atoms with van der Waals surface area (Å²) >= 11 is 0. The van der Waals surface area contributed by atoms with Gasteiger partial charge in [-0.05, 0) is 31.0 Å². The Morgan fingerprint density at radius 1 is 1.25 bits per heavy atom. The molecule has 3 heterocycles. The minimum absolute atomic E-state index is 0.149. The van der Waals surface area contributed by atoms with Crippen LogP contribution in [0, 0.1) is 11.3 Å². The summed E-state index contributed by atoms with van der Waals surface area (Å²) < 4.78 is 9.61. The fraction of sp³-hybridized carbons (Fsp3) is 0.286. The van der Waals surface area contributed by atoms with E-state index in [2.05, 4.69) is 18.0 Å². The van der Waals surface area contributed by atoms with Crippen LogP contribution in [0.25, 0.3) is 5.69 Å². The van der Waals surface area contributed by atoms with Crippen molar-refractivity contribution < 1.29 is 4.74 Å². The highest BCUT2D eigenvalue weighted by Crippen LogP contribution is 2.44. The topological polar surface area (TPSA) is 94.7 Å². The van der Waals surface area contributed by atoms with Gasteiger partial charge in [-0.3, -0.25) is 0 Å². The summed E-state index contributed by atoms with van der Waals surface area (Å²) in [5, 5.41) is 14.5. The van der Waals surface area contributed by atoms with Crippen molar-refractivity contribution in [2.45, 2.75) is 39.2 Å². The van der Waals surface area contributed by atoms with Crippen molar-refractivity contribution in [3.63, 3.8) is 0 Å². The van der Waals surface area contributed by atoms with Crippen molar-refractivity contribution >= 4 is 0 Å². The van der Waals surface area contributed by atoms with E-state index in [0.717, 1.165) is 35.3 Å². The zero-order valence-corrected chi connectivity index (χ0v) is 16.0. The Morgan fingerprint density at radius 2 is 2.04 bits per heavy atom. The summed E-state index contributed by atoms with van der Waals surface area (Å²) in [6.45, 7) is 4.81. The number of nitriles is 1. The summed E-state index contributed by atoms with van der Waals surface area (Å²) in [5.41, 5.74) is 10.5. The van der Waals surface area contributed by atoms with Gasteiger partial charge in [0.2, 0.25) is 11.8 Å². The number of hydrogen-bond acceptors (Lipinski definition) is 5. The molecule has 0 spiro atoms. The molecule has 1 atom stereocenters. The fourth-order valence-corrected chi connectivity index (χ4v) is 3.69. The number of aryl methyl sites for hydroxylation is 2. The number of nitrogens with zero attached hydrogens (tertiary/aromatic N) is 5. The van der Waals surface area contributed by atoms with E-state index < -0.39 is 0 Å².